The zero-order valence-electron chi connectivity index (χ0n) is 17.0. The number of rotatable bonds is 6. The van der Waals surface area contributed by atoms with Crippen molar-refractivity contribution in [1.82, 2.24) is 19.2 Å². The summed E-state index contributed by atoms with van der Waals surface area (Å²) in [5.41, 5.74) is 2.56. The van der Waals surface area contributed by atoms with Gasteiger partial charge in [-0.1, -0.05) is 54.9 Å². The van der Waals surface area contributed by atoms with Crippen LogP contribution >= 0.6 is 23.4 Å². The van der Waals surface area contributed by atoms with E-state index in [1.165, 1.54) is 23.9 Å². The van der Waals surface area contributed by atoms with Crippen molar-refractivity contribution in [2.24, 2.45) is 5.92 Å². The zero-order valence-corrected chi connectivity index (χ0v) is 18.6. The summed E-state index contributed by atoms with van der Waals surface area (Å²) >= 11 is 7.63. The Morgan fingerprint density at radius 3 is 2.70 bits per heavy atom. The van der Waals surface area contributed by atoms with Gasteiger partial charge in [0.15, 0.2) is 5.16 Å². The van der Waals surface area contributed by atoms with Gasteiger partial charge in [0, 0.05) is 17.3 Å². The average Bonchev–Trinajstić information content (AvgIpc) is 3.11. The minimum Gasteiger partial charge on any atom is -0.276 e. The van der Waals surface area contributed by atoms with Crippen LogP contribution in [0, 0.1) is 18.7 Å². The Labute approximate surface area is 182 Å². The lowest BCUT2D eigenvalue weighted by molar-refractivity contribution is 0.512. The molecule has 0 radical (unpaired) electrons. The molecule has 0 bridgehead atoms. The second-order valence-corrected chi connectivity index (χ2v) is 9.15. The molecule has 0 spiro atoms. The molecule has 8 heteroatoms. The summed E-state index contributed by atoms with van der Waals surface area (Å²) in [5.74, 6) is 1.14. The number of hydrogen-bond acceptors (Lipinski definition) is 4. The molecule has 2 aromatic heterocycles. The molecule has 0 unspecified atom stereocenters. The van der Waals surface area contributed by atoms with Gasteiger partial charge in [-0.25, -0.2) is 4.39 Å². The maximum Gasteiger partial charge on any atom is 0.262 e. The SMILES string of the molecule is Cc1ccc2c(c1)c(=O)n(CCC(C)C)c1nnc(SCc3ccc(F)cc3Cl)n21. The van der Waals surface area contributed by atoms with Crippen LogP contribution in [0.2, 0.25) is 5.02 Å². The first-order chi connectivity index (χ1) is 14.3. The second kappa shape index (κ2) is 8.40. The molecule has 0 aliphatic heterocycles. The molecule has 0 aliphatic carbocycles. The van der Waals surface area contributed by atoms with Crippen molar-refractivity contribution in [1.29, 1.82) is 0 Å². The molecule has 0 N–H and O–H groups in total. The van der Waals surface area contributed by atoms with E-state index in [0.717, 1.165) is 23.1 Å². The number of nitrogens with zero attached hydrogens (tertiary/aromatic N) is 4. The average molecular weight is 445 g/mol. The Kier molecular flexibility index (Phi) is 5.84. The summed E-state index contributed by atoms with van der Waals surface area (Å²) in [5, 5.41) is 10.4. The third kappa shape index (κ3) is 3.96. The van der Waals surface area contributed by atoms with E-state index in [4.69, 9.17) is 11.6 Å². The number of halogens is 2. The van der Waals surface area contributed by atoms with E-state index in [1.54, 1.807) is 10.6 Å². The molecule has 0 saturated heterocycles. The fraction of sp³-hybridized carbons (Fsp3) is 0.318. The van der Waals surface area contributed by atoms with Crippen LogP contribution in [-0.2, 0) is 12.3 Å². The molecule has 4 aromatic rings. The van der Waals surface area contributed by atoms with Crippen molar-refractivity contribution >= 4 is 40.0 Å². The van der Waals surface area contributed by atoms with Crippen LogP contribution in [0.1, 0.15) is 31.4 Å². The molecule has 0 amide bonds. The second-order valence-electron chi connectivity index (χ2n) is 7.80. The molecular formula is C22H22ClFN4OS. The molecule has 156 valence electrons. The number of aryl methyl sites for hydroxylation is 2. The third-order valence-electron chi connectivity index (χ3n) is 5.03. The maximum atomic E-state index is 13.3. The van der Waals surface area contributed by atoms with Crippen molar-refractivity contribution in [3.8, 4) is 0 Å². The predicted molar refractivity (Wildman–Crippen MR) is 120 cm³/mol. The standard InChI is InChI=1S/C22H22ClFN4OS/c1-13(2)8-9-27-20(29)17-10-14(3)4-7-19(17)28-21(27)25-26-22(28)30-12-15-5-6-16(24)11-18(15)23/h4-7,10-11,13H,8-9,12H2,1-3H3. The molecule has 30 heavy (non-hydrogen) atoms. The highest BCUT2D eigenvalue weighted by Crippen LogP contribution is 2.28. The van der Waals surface area contributed by atoms with Crippen molar-refractivity contribution < 1.29 is 4.39 Å². The van der Waals surface area contributed by atoms with Gasteiger partial charge in [0.1, 0.15) is 5.82 Å². The van der Waals surface area contributed by atoms with Crippen molar-refractivity contribution in [2.75, 3.05) is 0 Å². The van der Waals surface area contributed by atoms with E-state index in [0.29, 0.717) is 39.6 Å². The van der Waals surface area contributed by atoms with Gasteiger partial charge < -0.3 is 0 Å². The third-order valence-corrected chi connectivity index (χ3v) is 6.36. The Morgan fingerprint density at radius 1 is 1.17 bits per heavy atom. The van der Waals surface area contributed by atoms with Gasteiger partial charge >= 0.3 is 0 Å². The molecule has 4 rings (SSSR count). The van der Waals surface area contributed by atoms with Crippen LogP contribution < -0.4 is 5.56 Å². The molecule has 2 aromatic carbocycles. The van der Waals surface area contributed by atoms with Gasteiger partial charge in [0.25, 0.3) is 5.56 Å². The van der Waals surface area contributed by atoms with Gasteiger partial charge in [0.2, 0.25) is 5.78 Å². The fourth-order valence-electron chi connectivity index (χ4n) is 3.36. The van der Waals surface area contributed by atoms with E-state index in [2.05, 4.69) is 24.0 Å². The Morgan fingerprint density at radius 2 is 1.97 bits per heavy atom. The summed E-state index contributed by atoms with van der Waals surface area (Å²) < 4.78 is 17.0. The topological polar surface area (TPSA) is 52.2 Å². The zero-order chi connectivity index (χ0) is 21.4. The number of fused-ring (bicyclic) bond motifs is 3. The normalized spacial score (nSPS) is 11.8. The van der Waals surface area contributed by atoms with Crippen LogP contribution in [-0.4, -0.2) is 19.2 Å². The van der Waals surface area contributed by atoms with Gasteiger partial charge in [-0.2, -0.15) is 0 Å². The Hall–Kier alpha value is -2.38. The van der Waals surface area contributed by atoms with Gasteiger partial charge in [-0.3, -0.25) is 13.8 Å². The highest BCUT2D eigenvalue weighted by molar-refractivity contribution is 7.98. The molecular weight excluding hydrogens is 423 g/mol. The molecule has 0 atom stereocenters. The number of benzene rings is 2. The monoisotopic (exact) mass is 444 g/mol. The van der Waals surface area contributed by atoms with Crippen LogP contribution in [0.5, 0.6) is 0 Å². The predicted octanol–water partition coefficient (Wildman–Crippen LogP) is 5.48. The van der Waals surface area contributed by atoms with Crippen molar-refractivity contribution in [2.45, 2.75) is 44.6 Å². The van der Waals surface area contributed by atoms with Crippen LogP contribution in [0.3, 0.4) is 0 Å². The lowest BCUT2D eigenvalue weighted by atomic mass is 10.1. The lowest BCUT2D eigenvalue weighted by Crippen LogP contribution is -2.24. The smallest absolute Gasteiger partial charge is 0.262 e. The lowest BCUT2D eigenvalue weighted by Gasteiger charge is -2.13. The first-order valence-corrected chi connectivity index (χ1v) is 11.2. The summed E-state index contributed by atoms with van der Waals surface area (Å²) in [6, 6.07) is 10.2. The van der Waals surface area contributed by atoms with Crippen LogP contribution in [0.25, 0.3) is 16.7 Å². The first kappa shape index (κ1) is 20.9. The first-order valence-electron chi connectivity index (χ1n) is 9.80. The minimum absolute atomic E-state index is 0.0487. The van der Waals surface area contributed by atoms with E-state index in [-0.39, 0.29) is 11.4 Å². The van der Waals surface area contributed by atoms with E-state index < -0.39 is 0 Å². The van der Waals surface area contributed by atoms with Crippen molar-refractivity contribution in [3.05, 3.63) is 68.7 Å². The van der Waals surface area contributed by atoms with Gasteiger partial charge in [-0.15, -0.1) is 10.2 Å². The maximum absolute atomic E-state index is 13.3. The quantitative estimate of drug-likeness (QED) is 0.369. The Bertz CT molecular complexity index is 1300. The molecule has 0 aliphatic rings. The highest BCUT2D eigenvalue weighted by atomic mass is 35.5. The number of hydrogen-bond donors (Lipinski definition) is 0. The summed E-state index contributed by atoms with van der Waals surface area (Å²) in [4.78, 5) is 13.2. The van der Waals surface area contributed by atoms with Crippen LogP contribution in [0.4, 0.5) is 4.39 Å². The fourth-order valence-corrected chi connectivity index (χ4v) is 4.62. The summed E-state index contributed by atoms with van der Waals surface area (Å²) in [7, 11) is 0. The summed E-state index contributed by atoms with van der Waals surface area (Å²) in [6.45, 7) is 6.81. The van der Waals surface area contributed by atoms with E-state index in [1.807, 2.05) is 29.5 Å². The number of aromatic nitrogens is 4. The van der Waals surface area contributed by atoms with E-state index in [9.17, 15) is 9.18 Å². The molecule has 5 nitrogen and oxygen atoms in total. The van der Waals surface area contributed by atoms with Crippen molar-refractivity contribution in [3.63, 3.8) is 0 Å². The van der Waals surface area contributed by atoms with Gasteiger partial charge in [-0.05, 0) is 49.1 Å². The molecule has 0 fully saturated rings. The molecule has 0 saturated carbocycles. The van der Waals surface area contributed by atoms with Crippen LogP contribution in [0.15, 0.2) is 46.3 Å². The van der Waals surface area contributed by atoms with Gasteiger partial charge in [0.05, 0.1) is 10.9 Å². The summed E-state index contributed by atoms with van der Waals surface area (Å²) in [6.07, 6.45) is 0.868. The number of thioether (sulfide) groups is 1. The highest BCUT2D eigenvalue weighted by Gasteiger charge is 2.17. The Balaban J connectivity index is 1.83. The largest absolute Gasteiger partial charge is 0.276 e. The minimum atomic E-state index is -0.364. The molecule has 2 heterocycles. The van der Waals surface area contributed by atoms with E-state index >= 15 is 0 Å².